The molecule has 0 radical (unpaired) electrons. The minimum Gasteiger partial charge on any atom is -0.269 e. The van der Waals surface area contributed by atoms with Crippen molar-refractivity contribution in [2.45, 2.75) is 20.0 Å². The highest BCUT2D eigenvalue weighted by molar-refractivity contribution is 5.33. The topological polar surface area (TPSA) is 12.4 Å². The zero-order chi connectivity index (χ0) is 9.78. The third kappa shape index (κ3) is 3.37. The Morgan fingerprint density at radius 3 is 2.17 bits per heavy atom. The molecule has 0 heterocycles. The van der Waals surface area contributed by atoms with E-state index in [1.807, 2.05) is 0 Å². The van der Waals surface area contributed by atoms with Crippen molar-refractivity contribution in [2.75, 3.05) is 0 Å². The van der Waals surface area contributed by atoms with Gasteiger partial charge in [0.25, 0.3) is 0 Å². The van der Waals surface area contributed by atoms with Gasteiger partial charge in [0.15, 0.2) is 0 Å². The molecule has 0 aromatic carbocycles. The van der Waals surface area contributed by atoms with Crippen LogP contribution in [-0.2, 0) is 0 Å². The summed E-state index contributed by atoms with van der Waals surface area (Å²) in [5.74, 6) is 0. The van der Waals surface area contributed by atoms with Gasteiger partial charge in [-0.2, -0.15) is 13.2 Å². The molecule has 12 heavy (non-hydrogen) atoms. The summed E-state index contributed by atoms with van der Waals surface area (Å²) in [4.78, 5) is 3.36. The van der Waals surface area contributed by atoms with Crippen LogP contribution in [0.5, 0.6) is 0 Å². The molecule has 0 aromatic rings. The lowest BCUT2D eigenvalue weighted by Gasteiger charge is -2.06. The zero-order valence-corrected chi connectivity index (χ0v) is 6.94. The molecule has 0 bridgehead atoms. The number of allylic oxidation sites excluding steroid dienone is 4. The molecule has 68 valence electrons. The van der Waals surface area contributed by atoms with Crippen molar-refractivity contribution in [3.63, 3.8) is 0 Å². The maximum Gasteiger partial charge on any atom is 0.416 e. The van der Waals surface area contributed by atoms with Crippen molar-refractivity contribution in [1.29, 1.82) is 0 Å². The number of alkyl halides is 3. The summed E-state index contributed by atoms with van der Waals surface area (Å²) in [6, 6.07) is 0. The van der Waals surface area contributed by atoms with E-state index >= 15 is 0 Å². The molecule has 0 amide bonds. The van der Waals surface area contributed by atoms with E-state index in [1.54, 1.807) is 0 Å². The second kappa shape index (κ2) is 4.09. The van der Waals surface area contributed by atoms with Crippen LogP contribution in [0.3, 0.4) is 0 Å². The Bertz CT molecular complexity index is 223. The van der Waals surface area contributed by atoms with E-state index < -0.39 is 11.7 Å². The predicted octanol–water partition coefficient (Wildman–Crippen LogP) is 3.10. The average Bonchev–Trinajstić information content (AvgIpc) is 1.97. The Labute approximate surface area is 69.3 Å². The van der Waals surface area contributed by atoms with E-state index in [0.29, 0.717) is 0 Å². The SMILES string of the molecule is C=N/C(C)=C\C(=C/C)C(F)(F)F. The van der Waals surface area contributed by atoms with Crippen LogP contribution in [0, 0.1) is 0 Å². The Hall–Kier alpha value is -1.06. The fourth-order valence-electron chi connectivity index (χ4n) is 0.600. The van der Waals surface area contributed by atoms with Gasteiger partial charge >= 0.3 is 6.18 Å². The third-order valence-corrected chi connectivity index (χ3v) is 1.25. The Balaban J connectivity index is 4.74. The summed E-state index contributed by atoms with van der Waals surface area (Å²) >= 11 is 0. The maximum atomic E-state index is 12.0. The van der Waals surface area contributed by atoms with Crippen LogP contribution in [0.2, 0.25) is 0 Å². The summed E-state index contributed by atoms with van der Waals surface area (Å²) in [6.07, 6.45) is -2.36. The van der Waals surface area contributed by atoms with Crippen molar-refractivity contribution in [3.05, 3.63) is 23.4 Å². The minimum absolute atomic E-state index is 0.250. The molecule has 0 aliphatic heterocycles. The van der Waals surface area contributed by atoms with E-state index in [4.69, 9.17) is 0 Å². The molecule has 0 aliphatic carbocycles. The Morgan fingerprint density at radius 2 is 1.92 bits per heavy atom. The highest BCUT2D eigenvalue weighted by Crippen LogP contribution is 2.27. The lowest BCUT2D eigenvalue weighted by Crippen LogP contribution is -2.09. The van der Waals surface area contributed by atoms with Gasteiger partial charge < -0.3 is 0 Å². The molecule has 0 rings (SSSR count). The van der Waals surface area contributed by atoms with Gasteiger partial charge in [0.05, 0.1) is 5.57 Å². The molecule has 0 fully saturated rings. The van der Waals surface area contributed by atoms with Gasteiger partial charge in [-0.3, -0.25) is 4.99 Å². The smallest absolute Gasteiger partial charge is 0.269 e. The van der Waals surface area contributed by atoms with Gasteiger partial charge in [-0.25, -0.2) is 0 Å². The van der Waals surface area contributed by atoms with Crippen LogP contribution in [0.25, 0.3) is 0 Å². The lowest BCUT2D eigenvalue weighted by molar-refractivity contribution is -0.0883. The van der Waals surface area contributed by atoms with E-state index in [-0.39, 0.29) is 5.70 Å². The summed E-state index contributed by atoms with van der Waals surface area (Å²) in [5, 5.41) is 0. The minimum atomic E-state index is -4.30. The van der Waals surface area contributed by atoms with Crippen LogP contribution >= 0.6 is 0 Å². The Kier molecular flexibility index (Phi) is 3.73. The fraction of sp³-hybridized carbons (Fsp3) is 0.375. The maximum absolute atomic E-state index is 12.0. The summed E-state index contributed by atoms with van der Waals surface area (Å²) in [6.45, 7) is 5.91. The first kappa shape index (κ1) is 10.9. The molecule has 0 saturated heterocycles. The van der Waals surface area contributed by atoms with E-state index in [2.05, 4.69) is 11.7 Å². The molecule has 0 N–H and O–H groups in total. The fourth-order valence-corrected chi connectivity index (χ4v) is 0.600. The monoisotopic (exact) mass is 177 g/mol. The number of nitrogens with zero attached hydrogens (tertiary/aromatic N) is 1. The largest absolute Gasteiger partial charge is 0.416 e. The van der Waals surface area contributed by atoms with Gasteiger partial charge in [0.2, 0.25) is 0 Å². The molecule has 4 heteroatoms. The molecule has 0 unspecified atom stereocenters. The molecule has 0 atom stereocenters. The normalized spacial score (nSPS) is 14.8. The summed E-state index contributed by atoms with van der Waals surface area (Å²) in [7, 11) is 0. The van der Waals surface area contributed by atoms with Crippen molar-refractivity contribution in [1.82, 2.24) is 0 Å². The van der Waals surface area contributed by atoms with Crippen molar-refractivity contribution < 1.29 is 13.2 Å². The number of hydrogen-bond donors (Lipinski definition) is 0. The van der Waals surface area contributed by atoms with Crippen molar-refractivity contribution in [2.24, 2.45) is 4.99 Å². The second-order valence-electron chi connectivity index (χ2n) is 2.19. The van der Waals surface area contributed by atoms with Gasteiger partial charge in [-0.05, 0) is 26.6 Å². The van der Waals surface area contributed by atoms with E-state index in [9.17, 15) is 13.2 Å². The number of hydrogen-bond acceptors (Lipinski definition) is 1. The van der Waals surface area contributed by atoms with Crippen LogP contribution < -0.4 is 0 Å². The summed E-state index contributed by atoms with van der Waals surface area (Å²) in [5.41, 5.74) is -0.451. The second-order valence-corrected chi connectivity index (χ2v) is 2.19. The van der Waals surface area contributed by atoms with Crippen LogP contribution in [0.15, 0.2) is 28.4 Å². The van der Waals surface area contributed by atoms with Gasteiger partial charge in [0.1, 0.15) is 0 Å². The van der Waals surface area contributed by atoms with Gasteiger partial charge in [0, 0.05) is 5.70 Å². The molecule has 0 aliphatic rings. The van der Waals surface area contributed by atoms with Crippen molar-refractivity contribution in [3.8, 4) is 0 Å². The molecule has 0 spiro atoms. The third-order valence-electron chi connectivity index (χ3n) is 1.25. The number of halogens is 3. The zero-order valence-electron chi connectivity index (χ0n) is 6.94. The average molecular weight is 177 g/mol. The van der Waals surface area contributed by atoms with Gasteiger partial charge in [-0.1, -0.05) is 6.08 Å². The van der Waals surface area contributed by atoms with E-state index in [0.717, 1.165) is 12.2 Å². The molecule has 0 aromatic heterocycles. The first-order valence-electron chi connectivity index (χ1n) is 3.30. The van der Waals surface area contributed by atoms with Crippen LogP contribution in [-0.4, -0.2) is 12.9 Å². The first-order chi connectivity index (χ1) is 5.41. The highest BCUT2D eigenvalue weighted by atomic mass is 19.4. The lowest BCUT2D eigenvalue weighted by atomic mass is 10.2. The molecular formula is C8H10F3N. The van der Waals surface area contributed by atoms with Crippen LogP contribution in [0.1, 0.15) is 13.8 Å². The Morgan fingerprint density at radius 1 is 1.42 bits per heavy atom. The van der Waals surface area contributed by atoms with E-state index in [1.165, 1.54) is 13.8 Å². The molecule has 1 nitrogen and oxygen atoms in total. The quantitative estimate of drug-likeness (QED) is 0.454. The first-order valence-corrected chi connectivity index (χ1v) is 3.30. The van der Waals surface area contributed by atoms with Gasteiger partial charge in [-0.15, -0.1) is 0 Å². The number of aliphatic imine (C=N–C) groups is 1. The highest BCUT2D eigenvalue weighted by Gasteiger charge is 2.31. The standard InChI is InChI=1S/C8H10F3N/c1-4-7(8(9,10)11)5-6(2)12-3/h4-5H,3H2,1-2H3/b6-5-,7-4+. The number of rotatable bonds is 2. The molecular weight excluding hydrogens is 167 g/mol. The predicted molar refractivity (Wildman–Crippen MR) is 43.1 cm³/mol. The molecule has 0 saturated carbocycles. The van der Waals surface area contributed by atoms with Crippen molar-refractivity contribution >= 4 is 6.72 Å². The summed E-state index contributed by atoms with van der Waals surface area (Å²) < 4.78 is 36.1. The van der Waals surface area contributed by atoms with Crippen LogP contribution in [0.4, 0.5) is 13.2 Å².